The van der Waals surface area contributed by atoms with E-state index in [9.17, 15) is 14.3 Å². The highest BCUT2D eigenvalue weighted by Gasteiger charge is 2.32. The Morgan fingerprint density at radius 3 is 2.90 bits per heavy atom. The zero-order chi connectivity index (χ0) is 14.1. The predicted molar refractivity (Wildman–Crippen MR) is 73.2 cm³/mol. The van der Waals surface area contributed by atoms with Crippen molar-refractivity contribution in [2.45, 2.75) is 25.3 Å². The van der Waals surface area contributed by atoms with Crippen LogP contribution in [0, 0.1) is 5.82 Å². The molecule has 5 heteroatoms. The number of nitrogens with zero attached hydrogens (tertiary/aromatic N) is 2. The normalized spacial score (nSPS) is 23.4. The van der Waals surface area contributed by atoms with Crippen molar-refractivity contribution in [3.63, 3.8) is 0 Å². The van der Waals surface area contributed by atoms with Crippen molar-refractivity contribution >= 4 is 5.91 Å². The third-order valence-electron chi connectivity index (χ3n) is 4.33. The van der Waals surface area contributed by atoms with E-state index in [2.05, 4.69) is 4.90 Å². The second kappa shape index (κ2) is 5.40. The number of benzene rings is 1. The van der Waals surface area contributed by atoms with Gasteiger partial charge in [-0.2, -0.15) is 0 Å². The van der Waals surface area contributed by atoms with E-state index in [0.717, 1.165) is 19.5 Å². The Morgan fingerprint density at radius 2 is 2.10 bits per heavy atom. The van der Waals surface area contributed by atoms with Crippen molar-refractivity contribution in [1.29, 1.82) is 0 Å². The largest absolute Gasteiger partial charge is 0.507 e. The molecule has 3 rings (SSSR count). The lowest BCUT2D eigenvalue weighted by molar-refractivity contribution is 0.0367. The molecule has 2 aliphatic heterocycles. The van der Waals surface area contributed by atoms with Gasteiger partial charge in [-0.25, -0.2) is 4.39 Å². The van der Waals surface area contributed by atoms with Gasteiger partial charge in [-0.3, -0.25) is 9.69 Å². The van der Waals surface area contributed by atoms with Crippen LogP contribution in [-0.2, 0) is 0 Å². The van der Waals surface area contributed by atoms with Crippen LogP contribution in [0.25, 0.3) is 0 Å². The van der Waals surface area contributed by atoms with E-state index >= 15 is 0 Å². The van der Waals surface area contributed by atoms with Crippen molar-refractivity contribution in [3.05, 3.63) is 29.6 Å². The summed E-state index contributed by atoms with van der Waals surface area (Å²) in [6.07, 6.45) is 3.50. The number of phenolic OH excluding ortho intramolecular Hbond substituents is 1. The molecule has 1 atom stereocenters. The Hall–Kier alpha value is -1.62. The molecule has 1 amide bonds. The van der Waals surface area contributed by atoms with Gasteiger partial charge in [0.1, 0.15) is 17.1 Å². The molecule has 0 radical (unpaired) electrons. The number of phenols is 1. The fourth-order valence-electron chi connectivity index (χ4n) is 3.22. The lowest BCUT2D eigenvalue weighted by atomic mass is 9.99. The van der Waals surface area contributed by atoms with E-state index in [1.54, 1.807) is 4.90 Å². The van der Waals surface area contributed by atoms with E-state index in [1.807, 2.05) is 0 Å². The number of piperidine rings is 1. The van der Waals surface area contributed by atoms with Gasteiger partial charge in [0, 0.05) is 25.7 Å². The van der Waals surface area contributed by atoms with Gasteiger partial charge in [-0.1, -0.05) is 12.5 Å². The molecule has 1 unspecified atom stereocenters. The van der Waals surface area contributed by atoms with Crippen LogP contribution in [0.4, 0.5) is 4.39 Å². The third-order valence-corrected chi connectivity index (χ3v) is 4.33. The maximum Gasteiger partial charge on any atom is 0.260 e. The fourth-order valence-corrected chi connectivity index (χ4v) is 3.22. The lowest BCUT2D eigenvalue weighted by Crippen LogP contribution is -2.56. The Kier molecular flexibility index (Phi) is 3.61. The summed E-state index contributed by atoms with van der Waals surface area (Å²) in [6, 6.07) is 4.35. The first-order valence-corrected chi connectivity index (χ1v) is 7.17. The molecule has 0 aromatic heterocycles. The first kappa shape index (κ1) is 13.4. The number of amides is 1. The number of piperazine rings is 1. The number of carbonyl (C=O) groups is 1. The van der Waals surface area contributed by atoms with Gasteiger partial charge in [-0.15, -0.1) is 0 Å². The molecule has 2 aliphatic rings. The monoisotopic (exact) mass is 278 g/mol. The summed E-state index contributed by atoms with van der Waals surface area (Å²) in [5.41, 5.74) is -0.197. The topological polar surface area (TPSA) is 43.8 Å². The van der Waals surface area contributed by atoms with Crippen LogP contribution < -0.4 is 0 Å². The zero-order valence-electron chi connectivity index (χ0n) is 11.4. The standard InChI is InChI=1S/C15H19FN2O2/c16-12-5-3-6-13(19)14(12)15(20)18-9-8-17-7-2-1-4-11(17)10-18/h3,5-6,11,19H,1-2,4,7-10H2. The molecule has 1 aromatic carbocycles. The number of aromatic hydroxyl groups is 1. The Labute approximate surface area is 117 Å². The minimum atomic E-state index is -0.652. The molecule has 0 bridgehead atoms. The fraction of sp³-hybridized carbons (Fsp3) is 0.533. The smallest absolute Gasteiger partial charge is 0.260 e. The van der Waals surface area contributed by atoms with Crippen molar-refractivity contribution in [2.75, 3.05) is 26.2 Å². The summed E-state index contributed by atoms with van der Waals surface area (Å²) < 4.78 is 13.8. The van der Waals surface area contributed by atoms with Crippen LogP contribution in [0.2, 0.25) is 0 Å². The summed E-state index contributed by atoms with van der Waals surface area (Å²) in [7, 11) is 0. The van der Waals surface area contributed by atoms with Gasteiger partial charge in [0.15, 0.2) is 0 Å². The first-order valence-electron chi connectivity index (χ1n) is 7.17. The Morgan fingerprint density at radius 1 is 1.25 bits per heavy atom. The van der Waals surface area contributed by atoms with Crippen LogP contribution in [0.5, 0.6) is 5.75 Å². The second-order valence-corrected chi connectivity index (χ2v) is 5.57. The van der Waals surface area contributed by atoms with Crippen LogP contribution in [0.1, 0.15) is 29.6 Å². The molecule has 2 heterocycles. The Bertz CT molecular complexity index is 500. The average Bonchev–Trinajstić information content (AvgIpc) is 2.46. The number of fused-ring (bicyclic) bond motifs is 1. The van der Waals surface area contributed by atoms with Crippen molar-refractivity contribution in [3.8, 4) is 5.75 Å². The maximum absolute atomic E-state index is 13.8. The van der Waals surface area contributed by atoms with Crippen molar-refractivity contribution in [2.24, 2.45) is 0 Å². The molecule has 0 saturated carbocycles. The highest BCUT2D eigenvalue weighted by atomic mass is 19.1. The quantitative estimate of drug-likeness (QED) is 0.852. The van der Waals surface area contributed by atoms with Crippen LogP contribution in [0.15, 0.2) is 18.2 Å². The minimum Gasteiger partial charge on any atom is -0.507 e. The zero-order valence-corrected chi connectivity index (χ0v) is 11.4. The predicted octanol–water partition coefficient (Wildman–Crippen LogP) is 1.84. The van der Waals surface area contributed by atoms with Gasteiger partial charge in [0.2, 0.25) is 0 Å². The summed E-state index contributed by atoms with van der Waals surface area (Å²) in [4.78, 5) is 16.5. The lowest BCUT2D eigenvalue weighted by Gasteiger charge is -2.44. The van der Waals surface area contributed by atoms with E-state index < -0.39 is 11.7 Å². The molecule has 2 saturated heterocycles. The third kappa shape index (κ3) is 2.38. The molecule has 1 N–H and O–H groups in total. The van der Waals surface area contributed by atoms with Gasteiger partial charge in [0.05, 0.1) is 0 Å². The van der Waals surface area contributed by atoms with E-state index in [0.29, 0.717) is 19.1 Å². The maximum atomic E-state index is 13.8. The molecular formula is C15H19FN2O2. The number of halogens is 1. The Balaban J connectivity index is 1.78. The molecule has 4 nitrogen and oxygen atoms in total. The van der Waals surface area contributed by atoms with E-state index in [1.165, 1.54) is 31.0 Å². The highest BCUT2D eigenvalue weighted by Crippen LogP contribution is 2.25. The van der Waals surface area contributed by atoms with Gasteiger partial charge < -0.3 is 10.0 Å². The highest BCUT2D eigenvalue weighted by molar-refractivity contribution is 5.97. The molecule has 0 aliphatic carbocycles. The summed E-state index contributed by atoms with van der Waals surface area (Å²) in [5, 5.41) is 9.73. The molecule has 108 valence electrons. The minimum absolute atomic E-state index is 0.197. The average molecular weight is 278 g/mol. The number of carbonyl (C=O) groups excluding carboxylic acids is 1. The summed E-state index contributed by atoms with van der Waals surface area (Å²) in [5.74, 6) is -1.33. The van der Waals surface area contributed by atoms with E-state index in [-0.39, 0.29) is 11.3 Å². The molecule has 1 aromatic rings. The molecule has 20 heavy (non-hydrogen) atoms. The van der Waals surface area contributed by atoms with Crippen LogP contribution in [0.3, 0.4) is 0 Å². The number of hydrogen-bond acceptors (Lipinski definition) is 3. The van der Waals surface area contributed by atoms with Crippen LogP contribution >= 0.6 is 0 Å². The summed E-state index contributed by atoms with van der Waals surface area (Å²) in [6.45, 7) is 3.17. The molecule has 0 spiro atoms. The van der Waals surface area contributed by atoms with Crippen molar-refractivity contribution < 1.29 is 14.3 Å². The van der Waals surface area contributed by atoms with Gasteiger partial charge in [-0.05, 0) is 31.5 Å². The first-order chi connectivity index (χ1) is 9.66. The SMILES string of the molecule is O=C(c1c(O)cccc1F)N1CCN2CCCCC2C1. The van der Waals surface area contributed by atoms with Crippen LogP contribution in [-0.4, -0.2) is 53.0 Å². The van der Waals surface area contributed by atoms with Gasteiger partial charge >= 0.3 is 0 Å². The molecule has 2 fully saturated rings. The van der Waals surface area contributed by atoms with Gasteiger partial charge in [0.25, 0.3) is 5.91 Å². The second-order valence-electron chi connectivity index (χ2n) is 5.57. The van der Waals surface area contributed by atoms with E-state index in [4.69, 9.17) is 0 Å². The molecular weight excluding hydrogens is 259 g/mol. The summed E-state index contributed by atoms with van der Waals surface area (Å²) >= 11 is 0. The number of hydrogen-bond donors (Lipinski definition) is 1. The van der Waals surface area contributed by atoms with Crippen molar-refractivity contribution in [1.82, 2.24) is 9.80 Å². The number of rotatable bonds is 1.